The average Bonchev–Trinajstić information content (AvgIpc) is 3.34. The van der Waals surface area contributed by atoms with Gasteiger partial charge in [-0.05, 0) is 37.8 Å². The van der Waals surface area contributed by atoms with E-state index in [1.807, 2.05) is 17.0 Å². The summed E-state index contributed by atoms with van der Waals surface area (Å²) in [6.07, 6.45) is 4.48. The first-order valence-corrected chi connectivity index (χ1v) is 7.78. The molecule has 5 nitrogen and oxygen atoms in total. The number of hydrogen-bond acceptors (Lipinski definition) is 3. The molecule has 1 saturated heterocycles. The SMILES string of the molecule is O=C(Cn1c(=O)oc2ccccc21)N1CCC(=C2CC2)CC1. The van der Waals surface area contributed by atoms with E-state index in [1.54, 1.807) is 23.3 Å². The van der Waals surface area contributed by atoms with Gasteiger partial charge in [0.1, 0.15) is 6.54 Å². The number of rotatable bonds is 2. The lowest BCUT2D eigenvalue weighted by molar-refractivity contribution is -0.132. The smallest absolute Gasteiger partial charge is 0.408 e. The van der Waals surface area contributed by atoms with E-state index >= 15 is 0 Å². The van der Waals surface area contributed by atoms with E-state index in [2.05, 4.69) is 0 Å². The second-order valence-corrected chi connectivity index (χ2v) is 6.01. The largest absolute Gasteiger partial charge is 0.420 e. The second-order valence-electron chi connectivity index (χ2n) is 6.01. The third-order valence-corrected chi connectivity index (χ3v) is 4.59. The van der Waals surface area contributed by atoms with Gasteiger partial charge in [0.05, 0.1) is 5.52 Å². The molecule has 22 heavy (non-hydrogen) atoms. The van der Waals surface area contributed by atoms with Gasteiger partial charge in [-0.2, -0.15) is 0 Å². The van der Waals surface area contributed by atoms with E-state index < -0.39 is 5.76 Å². The summed E-state index contributed by atoms with van der Waals surface area (Å²) in [4.78, 5) is 26.2. The van der Waals surface area contributed by atoms with E-state index in [9.17, 15) is 9.59 Å². The number of nitrogens with zero attached hydrogens (tertiary/aromatic N) is 2. The minimum atomic E-state index is -0.465. The third kappa shape index (κ3) is 2.36. The van der Waals surface area contributed by atoms with Crippen LogP contribution in [0.25, 0.3) is 11.1 Å². The first kappa shape index (κ1) is 13.4. The molecule has 1 aromatic heterocycles. The number of allylic oxidation sites excluding steroid dienone is 1. The summed E-state index contributed by atoms with van der Waals surface area (Å²) in [6.45, 7) is 1.59. The van der Waals surface area contributed by atoms with Crippen molar-refractivity contribution < 1.29 is 9.21 Å². The van der Waals surface area contributed by atoms with Crippen molar-refractivity contribution in [3.63, 3.8) is 0 Å². The predicted molar refractivity (Wildman–Crippen MR) is 82.5 cm³/mol. The molecule has 2 aromatic rings. The maximum atomic E-state index is 12.5. The Bertz CT molecular complexity index is 812. The lowest BCUT2D eigenvalue weighted by Gasteiger charge is -2.28. The van der Waals surface area contributed by atoms with Crippen molar-refractivity contribution in [2.75, 3.05) is 13.1 Å². The summed E-state index contributed by atoms with van der Waals surface area (Å²) in [5.74, 6) is -0.471. The number of carbonyl (C=O) groups is 1. The molecule has 114 valence electrons. The lowest BCUT2D eigenvalue weighted by atomic mass is 10.0. The van der Waals surface area contributed by atoms with Crippen molar-refractivity contribution >= 4 is 17.0 Å². The van der Waals surface area contributed by atoms with Gasteiger partial charge in [0.15, 0.2) is 5.58 Å². The molecule has 2 fully saturated rings. The Morgan fingerprint density at radius 2 is 1.73 bits per heavy atom. The summed E-state index contributed by atoms with van der Waals surface area (Å²) in [5, 5.41) is 0. The number of hydrogen-bond donors (Lipinski definition) is 0. The summed E-state index contributed by atoms with van der Waals surface area (Å²) < 4.78 is 6.60. The van der Waals surface area contributed by atoms with Gasteiger partial charge < -0.3 is 9.32 Å². The summed E-state index contributed by atoms with van der Waals surface area (Å²) >= 11 is 0. The number of fused-ring (bicyclic) bond motifs is 1. The first-order chi connectivity index (χ1) is 10.7. The van der Waals surface area contributed by atoms with Gasteiger partial charge in [-0.3, -0.25) is 9.36 Å². The zero-order valence-corrected chi connectivity index (χ0v) is 12.4. The number of amides is 1. The van der Waals surface area contributed by atoms with E-state index in [-0.39, 0.29) is 12.5 Å². The topological polar surface area (TPSA) is 55.5 Å². The zero-order chi connectivity index (χ0) is 15.1. The molecule has 0 spiro atoms. The summed E-state index contributed by atoms with van der Waals surface area (Å²) in [7, 11) is 0. The molecule has 0 radical (unpaired) electrons. The molecule has 0 N–H and O–H groups in total. The molecule has 1 amide bonds. The highest BCUT2D eigenvalue weighted by Crippen LogP contribution is 2.36. The number of oxazole rings is 1. The maximum absolute atomic E-state index is 12.5. The molecule has 1 aromatic carbocycles. The Kier molecular flexibility index (Phi) is 3.13. The highest BCUT2D eigenvalue weighted by atomic mass is 16.4. The molecule has 1 aliphatic heterocycles. The van der Waals surface area contributed by atoms with Crippen LogP contribution in [0.5, 0.6) is 0 Å². The quantitative estimate of drug-likeness (QED) is 0.799. The van der Waals surface area contributed by atoms with Crippen LogP contribution in [0, 0.1) is 0 Å². The molecule has 0 unspecified atom stereocenters. The monoisotopic (exact) mass is 298 g/mol. The molecule has 1 saturated carbocycles. The normalized spacial score (nSPS) is 18.1. The van der Waals surface area contributed by atoms with Gasteiger partial charge in [0.2, 0.25) is 5.91 Å². The van der Waals surface area contributed by atoms with Crippen LogP contribution in [-0.4, -0.2) is 28.5 Å². The summed E-state index contributed by atoms with van der Waals surface area (Å²) in [6, 6.07) is 7.20. The minimum absolute atomic E-state index is 0.00602. The van der Waals surface area contributed by atoms with E-state index in [1.165, 1.54) is 17.4 Å². The fraction of sp³-hybridized carbons (Fsp3) is 0.412. The van der Waals surface area contributed by atoms with Crippen LogP contribution in [0.3, 0.4) is 0 Å². The van der Waals surface area contributed by atoms with Crippen LogP contribution in [0.2, 0.25) is 0 Å². The Hall–Kier alpha value is -2.30. The van der Waals surface area contributed by atoms with Gasteiger partial charge >= 0.3 is 5.76 Å². The third-order valence-electron chi connectivity index (χ3n) is 4.59. The van der Waals surface area contributed by atoms with Crippen molar-refractivity contribution in [3.8, 4) is 0 Å². The maximum Gasteiger partial charge on any atom is 0.420 e. The van der Waals surface area contributed by atoms with E-state index in [0.717, 1.165) is 25.9 Å². The number of likely N-dealkylation sites (tertiary alicyclic amines) is 1. The van der Waals surface area contributed by atoms with Crippen LogP contribution in [0.15, 0.2) is 44.6 Å². The Balaban J connectivity index is 1.51. The zero-order valence-electron chi connectivity index (χ0n) is 12.4. The molecule has 4 rings (SSSR count). The average molecular weight is 298 g/mol. The van der Waals surface area contributed by atoms with Crippen molar-refractivity contribution in [2.24, 2.45) is 0 Å². The van der Waals surface area contributed by atoms with Crippen molar-refractivity contribution in [1.29, 1.82) is 0 Å². The molecule has 2 heterocycles. The predicted octanol–water partition coefficient (Wildman–Crippen LogP) is 2.31. The molecular formula is C17H18N2O3. The van der Waals surface area contributed by atoms with Crippen LogP contribution in [-0.2, 0) is 11.3 Å². The van der Waals surface area contributed by atoms with Crippen LogP contribution < -0.4 is 5.76 Å². The van der Waals surface area contributed by atoms with Gasteiger partial charge in [-0.1, -0.05) is 23.3 Å². The van der Waals surface area contributed by atoms with E-state index in [0.29, 0.717) is 11.1 Å². The van der Waals surface area contributed by atoms with Crippen molar-refractivity contribution in [2.45, 2.75) is 32.2 Å². The Labute approximate surface area is 127 Å². The van der Waals surface area contributed by atoms with Crippen LogP contribution in [0.1, 0.15) is 25.7 Å². The summed E-state index contributed by atoms with van der Waals surface area (Å²) in [5.41, 5.74) is 4.36. The minimum Gasteiger partial charge on any atom is -0.408 e. The fourth-order valence-corrected chi connectivity index (χ4v) is 3.19. The lowest BCUT2D eigenvalue weighted by Crippen LogP contribution is -2.39. The molecule has 1 aliphatic carbocycles. The first-order valence-electron chi connectivity index (χ1n) is 7.78. The van der Waals surface area contributed by atoms with Gasteiger partial charge in [0.25, 0.3) is 0 Å². The van der Waals surface area contributed by atoms with Crippen molar-refractivity contribution in [3.05, 3.63) is 46.0 Å². The Morgan fingerprint density at radius 3 is 2.45 bits per heavy atom. The second kappa shape index (κ2) is 5.16. The molecule has 2 aliphatic rings. The molecule has 0 bridgehead atoms. The van der Waals surface area contributed by atoms with Crippen molar-refractivity contribution in [1.82, 2.24) is 9.47 Å². The fourth-order valence-electron chi connectivity index (χ4n) is 3.19. The number of aromatic nitrogens is 1. The van der Waals surface area contributed by atoms with Gasteiger partial charge in [0, 0.05) is 13.1 Å². The number of carbonyl (C=O) groups excluding carboxylic acids is 1. The number of para-hydroxylation sites is 2. The molecule has 0 atom stereocenters. The standard InChI is InChI=1S/C17H18N2O3/c20-16(18-9-7-13(8-10-18)12-5-6-12)11-19-14-3-1-2-4-15(14)22-17(19)21/h1-4H,5-11H2. The Morgan fingerprint density at radius 1 is 1.05 bits per heavy atom. The van der Waals surface area contributed by atoms with Crippen LogP contribution >= 0.6 is 0 Å². The van der Waals surface area contributed by atoms with Gasteiger partial charge in [-0.15, -0.1) is 0 Å². The highest BCUT2D eigenvalue weighted by molar-refractivity contribution is 5.79. The molecular weight excluding hydrogens is 280 g/mol. The number of piperidine rings is 1. The molecule has 5 heteroatoms. The van der Waals surface area contributed by atoms with Gasteiger partial charge in [-0.25, -0.2) is 4.79 Å². The number of benzene rings is 1. The highest BCUT2D eigenvalue weighted by Gasteiger charge is 2.25. The van der Waals surface area contributed by atoms with E-state index in [4.69, 9.17) is 4.42 Å². The van der Waals surface area contributed by atoms with Crippen LogP contribution in [0.4, 0.5) is 0 Å².